The number of carbonyl (C=O) groups excluding carboxylic acids is 2. The zero-order valence-electron chi connectivity index (χ0n) is 12.6. The fourth-order valence-corrected chi connectivity index (χ4v) is 3.13. The molecule has 5 nitrogen and oxygen atoms in total. The predicted molar refractivity (Wildman–Crippen MR) is 76.2 cm³/mol. The van der Waals surface area contributed by atoms with Crippen molar-refractivity contribution in [2.75, 3.05) is 26.2 Å². The van der Waals surface area contributed by atoms with Crippen LogP contribution in [0.2, 0.25) is 0 Å². The van der Waals surface area contributed by atoms with Gasteiger partial charge in [-0.05, 0) is 39.2 Å². The van der Waals surface area contributed by atoms with E-state index >= 15 is 0 Å². The van der Waals surface area contributed by atoms with Crippen LogP contribution in [-0.4, -0.2) is 49.1 Å². The maximum Gasteiger partial charge on any atom is 0.325 e. The lowest BCUT2D eigenvalue weighted by molar-refractivity contribution is -0.153. The molecule has 2 rings (SSSR count). The Labute approximate surface area is 121 Å². The van der Waals surface area contributed by atoms with Crippen molar-refractivity contribution in [2.45, 2.75) is 52.0 Å². The van der Waals surface area contributed by atoms with Gasteiger partial charge in [0.2, 0.25) is 5.91 Å². The highest BCUT2D eigenvalue weighted by molar-refractivity contribution is 5.87. The Bertz CT molecular complexity index is 360. The van der Waals surface area contributed by atoms with Crippen LogP contribution in [0.1, 0.15) is 46.0 Å². The van der Waals surface area contributed by atoms with E-state index in [0.717, 1.165) is 45.2 Å². The summed E-state index contributed by atoms with van der Waals surface area (Å²) in [6, 6.07) is 0.251. The summed E-state index contributed by atoms with van der Waals surface area (Å²) in [6.07, 6.45) is 4.80. The predicted octanol–water partition coefficient (Wildman–Crippen LogP) is 1.32. The Morgan fingerprint density at radius 1 is 1.35 bits per heavy atom. The number of rotatable bonds is 7. The number of hydrogen-bond acceptors (Lipinski definition) is 4. The van der Waals surface area contributed by atoms with Crippen LogP contribution < -0.4 is 5.32 Å². The largest absolute Gasteiger partial charge is 0.465 e. The highest BCUT2D eigenvalue weighted by Gasteiger charge is 2.46. The second-order valence-electron chi connectivity index (χ2n) is 5.93. The third-order valence-corrected chi connectivity index (χ3v) is 4.28. The molecule has 0 radical (unpaired) electrons. The van der Waals surface area contributed by atoms with Crippen LogP contribution in [0.4, 0.5) is 0 Å². The van der Waals surface area contributed by atoms with Gasteiger partial charge in [0.25, 0.3) is 0 Å². The summed E-state index contributed by atoms with van der Waals surface area (Å²) >= 11 is 0. The molecule has 114 valence electrons. The lowest BCUT2D eigenvalue weighted by atomic mass is 9.81. The molecular formula is C15H26N2O3. The Balaban J connectivity index is 2.07. The second-order valence-corrected chi connectivity index (χ2v) is 5.93. The highest BCUT2D eigenvalue weighted by atomic mass is 16.5. The molecule has 1 saturated heterocycles. The Kier molecular flexibility index (Phi) is 5.02. The quantitative estimate of drug-likeness (QED) is 0.716. The molecule has 2 aliphatic rings. The number of hydrogen-bond donors (Lipinski definition) is 1. The number of nitrogens with zero attached hydrogens (tertiary/aromatic N) is 1. The van der Waals surface area contributed by atoms with Gasteiger partial charge in [-0.3, -0.25) is 9.59 Å². The normalized spacial score (nSPS) is 25.5. The fraction of sp³-hybridized carbons (Fsp3) is 0.867. The first-order valence-corrected chi connectivity index (χ1v) is 7.80. The van der Waals surface area contributed by atoms with Crippen LogP contribution in [0, 0.1) is 5.41 Å². The minimum absolute atomic E-state index is 0.114. The molecule has 1 aliphatic heterocycles. The summed E-state index contributed by atoms with van der Waals surface area (Å²) in [5, 5.41) is 3.31. The average molecular weight is 282 g/mol. The smallest absolute Gasteiger partial charge is 0.325 e. The lowest BCUT2D eigenvalue weighted by Crippen LogP contribution is -2.48. The molecular weight excluding hydrogens is 256 g/mol. The molecule has 1 heterocycles. The van der Waals surface area contributed by atoms with E-state index in [2.05, 4.69) is 12.2 Å². The lowest BCUT2D eigenvalue weighted by Gasteiger charge is -2.33. The SMILES string of the molecule is CCCC1(C(=O)N(CC(=O)OCC)C2CC2)CCNC1. The molecule has 5 heteroatoms. The van der Waals surface area contributed by atoms with Gasteiger partial charge in [-0.15, -0.1) is 0 Å². The van der Waals surface area contributed by atoms with Gasteiger partial charge >= 0.3 is 5.97 Å². The van der Waals surface area contributed by atoms with Crippen LogP contribution in [0.15, 0.2) is 0 Å². The van der Waals surface area contributed by atoms with Crippen LogP contribution in [0.5, 0.6) is 0 Å². The van der Waals surface area contributed by atoms with E-state index in [1.165, 1.54) is 0 Å². The van der Waals surface area contributed by atoms with Gasteiger partial charge in [-0.25, -0.2) is 0 Å². The number of carbonyl (C=O) groups is 2. The molecule has 0 bridgehead atoms. The van der Waals surface area contributed by atoms with Crippen molar-refractivity contribution in [1.82, 2.24) is 10.2 Å². The van der Waals surface area contributed by atoms with E-state index in [9.17, 15) is 9.59 Å². The fourth-order valence-electron chi connectivity index (χ4n) is 3.13. The van der Waals surface area contributed by atoms with E-state index < -0.39 is 0 Å². The maximum atomic E-state index is 13.0. The van der Waals surface area contributed by atoms with E-state index in [-0.39, 0.29) is 29.9 Å². The van der Waals surface area contributed by atoms with E-state index in [1.807, 2.05) is 0 Å². The number of esters is 1. The molecule has 0 spiro atoms. The van der Waals surface area contributed by atoms with Crippen molar-refractivity contribution >= 4 is 11.9 Å². The number of nitrogens with one attached hydrogen (secondary N) is 1. The van der Waals surface area contributed by atoms with Gasteiger partial charge in [0.05, 0.1) is 12.0 Å². The summed E-state index contributed by atoms with van der Waals surface area (Å²) in [6.45, 7) is 6.02. The standard InChI is InChI=1S/C15H26N2O3/c1-3-7-15(8-9-16-11-15)14(19)17(12-5-6-12)10-13(18)20-4-2/h12,16H,3-11H2,1-2H3. The van der Waals surface area contributed by atoms with Gasteiger partial charge in [0.1, 0.15) is 6.54 Å². The second kappa shape index (κ2) is 6.57. The van der Waals surface area contributed by atoms with Crippen molar-refractivity contribution in [1.29, 1.82) is 0 Å². The first-order valence-electron chi connectivity index (χ1n) is 7.80. The van der Waals surface area contributed by atoms with Crippen LogP contribution in [-0.2, 0) is 14.3 Å². The molecule has 2 fully saturated rings. The van der Waals surface area contributed by atoms with Crippen molar-refractivity contribution in [3.8, 4) is 0 Å². The molecule has 0 aromatic rings. The molecule has 0 aromatic carbocycles. The van der Waals surface area contributed by atoms with Crippen molar-refractivity contribution in [3.05, 3.63) is 0 Å². The number of amides is 1. The zero-order chi connectivity index (χ0) is 14.6. The summed E-state index contributed by atoms with van der Waals surface area (Å²) in [4.78, 5) is 26.5. The van der Waals surface area contributed by atoms with Crippen LogP contribution >= 0.6 is 0 Å². The van der Waals surface area contributed by atoms with Gasteiger partial charge in [-0.1, -0.05) is 13.3 Å². The number of ether oxygens (including phenoxy) is 1. The highest BCUT2D eigenvalue weighted by Crippen LogP contribution is 2.37. The van der Waals surface area contributed by atoms with Crippen molar-refractivity contribution in [3.63, 3.8) is 0 Å². The van der Waals surface area contributed by atoms with Crippen molar-refractivity contribution in [2.24, 2.45) is 5.41 Å². The van der Waals surface area contributed by atoms with Gasteiger partial charge in [-0.2, -0.15) is 0 Å². The summed E-state index contributed by atoms with van der Waals surface area (Å²) in [5.74, 6) is -0.134. The minimum Gasteiger partial charge on any atom is -0.465 e. The molecule has 1 unspecified atom stereocenters. The molecule has 1 atom stereocenters. The van der Waals surface area contributed by atoms with E-state index in [1.54, 1.807) is 11.8 Å². The minimum atomic E-state index is -0.302. The van der Waals surface area contributed by atoms with E-state index in [4.69, 9.17) is 4.74 Å². The van der Waals surface area contributed by atoms with Gasteiger partial charge < -0.3 is 15.0 Å². The van der Waals surface area contributed by atoms with Crippen LogP contribution in [0.25, 0.3) is 0 Å². The molecule has 0 aromatic heterocycles. The Hall–Kier alpha value is -1.10. The van der Waals surface area contributed by atoms with Gasteiger partial charge in [0, 0.05) is 12.6 Å². The summed E-state index contributed by atoms with van der Waals surface area (Å²) in [5.41, 5.74) is -0.302. The van der Waals surface area contributed by atoms with Gasteiger partial charge in [0.15, 0.2) is 0 Å². The van der Waals surface area contributed by atoms with Crippen molar-refractivity contribution < 1.29 is 14.3 Å². The molecule has 20 heavy (non-hydrogen) atoms. The zero-order valence-corrected chi connectivity index (χ0v) is 12.6. The Morgan fingerprint density at radius 2 is 2.10 bits per heavy atom. The summed E-state index contributed by atoms with van der Waals surface area (Å²) < 4.78 is 5.01. The monoisotopic (exact) mass is 282 g/mol. The third-order valence-electron chi connectivity index (χ3n) is 4.28. The average Bonchev–Trinajstić information content (AvgIpc) is 3.16. The first-order chi connectivity index (χ1) is 9.63. The van der Waals surface area contributed by atoms with E-state index in [0.29, 0.717) is 6.61 Å². The molecule has 1 saturated carbocycles. The molecule has 1 N–H and O–H groups in total. The van der Waals surface area contributed by atoms with Crippen LogP contribution in [0.3, 0.4) is 0 Å². The Morgan fingerprint density at radius 3 is 2.60 bits per heavy atom. The summed E-state index contributed by atoms with van der Waals surface area (Å²) in [7, 11) is 0. The third kappa shape index (κ3) is 3.32. The maximum absolute atomic E-state index is 13.0. The molecule has 1 aliphatic carbocycles. The topological polar surface area (TPSA) is 58.6 Å². The first kappa shape index (κ1) is 15.3. The molecule has 1 amide bonds.